The van der Waals surface area contributed by atoms with E-state index in [1.807, 2.05) is 0 Å². The monoisotopic (exact) mass is 210 g/mol. The Kier molecular flexibility index (Phi) is 3.84. The number of benzene rings is 1. The highest BCUT2D eigenvalue weighted by molar-refractivity contribution is 7.80. The van der Waals surface area contributed by atoms with E-state index in [1.54, 1.807) is 30.5 Å². The van der Waals surface area contributed by atoms with E-state index in [0.29, 0.717) is 0 Å². The Morgan fingerprint density at radius 3 is 2.64 bits per heavy atom. The molecular formula is C8H10N4OS. The molecular weight excluding hydrogens is 200 g/mol. The quantitative estimate of drug-likeness (QED) is 0.240. The largest absolute Gasteiger partial charge is 0.508 e. The molecule has 0 aliphatic heterocycles. The van der Waals surface area contributed by atoms with E-state index in [4.69, 9.17) is 23.2 Å². The number of aromatic hydroxyl groups is 1. The van der Waals surface area contributed by atoms with Crippen LogP contribution >= 0.6 is 12.2 Å². The molecule has 0 saturated carbocycles. The summed E-state index contributed by atoms with van der Waals surface area (Å²) in [7, 11) is 0. The van der Waals surface area contributed by atoms with E-state index in [1.165, 1.54) is 0 Å². The van der Waals surface area contributed by atoms with E-state index in [2.05, 4.69) is 16.0 Å². The topological polar surface area (TPSA) is 82.7 Å². The lowest BCUT2D eigenvalue weighted by molar-refractivity contribution is 0.475. The zero-order chi connectivity index (χ0) is 10.4. The predicted octanol–water partition coefficient (Wildman–Crippen LogP) is 0.0639. The Hall–Kier alpha value is -1.66. The fraction of sp³-hybridized carbons (Fsp3) is 0. The molecule has 0 unspecified atom stereocenters. The van der Waals surface area contributed by atoms with Crippen molar-refractivity contribution in [2.75, 3.05) is 0 Å². The van der Waals surface area contributed by atoms with E-state index >= 15 is 0 Å². The van der Waals surface area contributed by atoms with E-state index < -0.39 is 0 Å². The first-order chi connectivity index (χ1) is 6.72. The van der Waals surface area contributed by atoms with Gasteiger partial charge in [0.2, 0.25) is 5.11 Å². The lowest BCUT2D eigenvalue weighted by atomic mass is 10.2. The number of rotatable bonds is 2. The van der Waals surface area contributed by atoms with Crippen molar-refractivity contribution >= 4 is 23.5 Å². The third-order valence-electron chi connectivity index (χ3n) is 1.40. The fourth-order valence-corrected chi connectivity index (χ4v) is 0.811. The summed E-state index contributed by atoms with van der Waals surface area (Å²) < 4.78 is 0. The van der Waals surface area contributed by atoms with Crippen LogP contribution in [0.4, 0.5) is 0 Å². The molecule has 0 aliphatic rings. The summed E-state index contributed by atoms with van der Waals surface area (Å²) in [6.45, 7) is 0. The van der Waals surface area contributed by atoms with E-state index in [9.17, 15) is 0 Å². The second kappa shape index (κ2) is 5.15. The van der Waals surface area contributed by atoms with Crippen LogP contribution < -0.4 is 16.7 Å². The molecule has 0 spiro atoms. The van der Waals surface area contributed by atoms with E-state index in [-0.39, 0.29) is 10.9 Å². The molecule has 0 radical (unpaired) electrons. The van der Waals surface area contributed by atoms with Gasteiger partial charge in [0.1, 0.15) is 5.75 Å². The third-order valence-corrected chi connectivity index (χ3v) is 1.61. The van der Waals surface area contributed by atoms with Gasteiger partial charge in [-0.3, -0.25) is 10.9 Å². The van der Waals surface area contributed by atoms with Crippen LogP contribution in [0.2, 0.25) is 0 Å². The van der Waals surface area contributed by atoms with E-state index in [0.717, 1.165) is 5.56 Å². The van der Waals surface area contributed by atoms with Gasteiger partial charge in [-0.2, -0.15) is 5.10 Å². The molecule has 1 rings (SSSR count). The number of hydrazine groups is 1. The SMILES string of the molecule is NNC(=S)NN=Cc1ccc(O)cc1. The highest BCUT2D eigenvalue weighted by Gasteiger charge is 1.89. The van der Waals surface area contributed by atoms with Gasteiger partial charge in [-0.1, -0.05) is 0 Å². The molecule has 0 aromatic heterocycles. The Bertz CT molecular complexity index is 336. The van der Waals surface area contributed by atoms with Crippen molar-refractivity contribution in [1.29, 1.82) is 0 Å². The predicted molar refractivity (Wildman–Crippen MR) is 58.8 cm³/mol. The van der Waals surface area contributed by atoms with Crippen molar-refractivity contribution in [2.24, 2.45) is 10.9 Å². The summed E-state index contributed by atoms with van der Waals surface area (Å²) in [6.07, 6.45) is 1.56. The average molecular weight is 210 g/mol. The second-order valence-electron chi connectivity index (χ2n) is 2.43. The lowest BCUT2D eigenvalue weighted by Crippen LogP contribution is -2.37. The number of phenols is 1. The molecule has 1 aromatic rings. The van der Waals surface area contributed by atoms with Crippen LogP contribution in [0.3, 0.4) is 0 Å². The van der Waals surface area contributed by atoms with Crippen LogP contribution in [0.1, 0.15) is 5.56 Å². The first kappa shape index (κ1) is 10.4. The van der Waals surface area contributed by atoms with Gasteiger partial charge in [-0.05, 0) is 42.0 Å². The van der Waals surface area contributed by atoms with Crippen molar-refractivity contribution in [3.05, 3.63) is 29.8 Å². The van der Waals surface area contributed by atoms with Crippen LogP contribution in [0.15, 0.2) is 29.4 Å². The van der Waals surface area contributed by atoms with Gasteiger partial charge in [-0.25, -0.2) is 5.84 Å². The highest BCUT2D eigenvalue weighted by Crippen LogP contribution is 2.07. The average Bonchev–Trinajstić information content (AvgIpc) is 2.21. The molecule has 6 heteroatoms. The van der Waals surface area contributed by atoms with Gasteiger partial charge in [0.15, 0.2) is 0 Å². The normalized spacial score (nSPS) is 10.1. The summed E-state index contributed by atoms with van der Waals surface area (Å²) in [5, 5.41) is 13.0. The van der Waals surface area contributed by atoms with Crippen molar-refractivity contribution in [3.63, 3.8) is 0 Å². The first-order valence-electron chi connectivity index (χ1n) is 3.81. The molecule has 0 aliphatic carbocycles. The van der Waals surface area contributed by atoms with Crippen molar-refractivity contribution in [3.8, 4) is 5.75 Å². The molecule has 0 amide bonds. The van der Waals surface area contributed by atoms with Gasteiger partial charge in [0.25, 0.3) is 0 Å². The van der Waals surface area contributed by atoms with Gasteiger partial charge in [0, 0.05) is 0 Å². The Labute approximate surface area is 86.6 Å². The highest BCUT2D eigenvalue weighted by atomic mass is 32.1. The number of nitrogens with two attached hydrogens (primary N) is 1. The van der Waals surface area contributed by atoms with Crippen LogP contribution in [0.25, 0.3) is 0 Å². The maximum absolute atomic E-state index is 9.00. The summed E-state index contributed by atoms with van der Waals surface area (Å²) in [4.78, 5) is 0. The standard InChI is InChI=1S/C8H10N4OS/c9-11-8(14)12-10-5-6-1-3-7(13)4-2-6/h1-5,13H,9H2,(H2,11,12,14). The Morgan fingerprint density at radius 1 is 1.43 bits per heavy atom. The molecule has 74 valence electrons. The minimum atomic E-state index is 0.217. The zero-order valence-corrected chi connectivity index (χ0v) is 8.08. The molecule has 1 aromatic carbocycles. The molecule has 0 heterocycles. The molecule has 5 nitrogen and oxygen atoms in total. The minimum absolute atomic E-state index is 0.217. The molecule has 0 fully saturated rings. The van der Waals surface area contributed by atoms with Crippen LogP contribution in [0, 0.1) is 0 Å². The first-order valence-corrected chi connectivity index (χ1v) is 4.22. The number of hydrogen-bond acceptors (Lipinski definition) is 4. The van der Waals surface area contributed by atoms with Crippen molar-refractivity contribution in [1.82, 2.24) is 10.9 Å². The molecule has 5 N–H and O–H groups in total. The number of hydrogen-bond donors (Lipinski definition) is 4. The molecule has 0 saturated heterocycles. The van der Waals surface area contributed by atoms with Gasteiger partial charge in [-0.15, -0.1) is 0 Å². The van der Waals surface area contributed by atoms with Crippen molar-refractivity contribution in [2.45, 2.75) is 0 Å². The van der Waals surface area contributed by atoms with Gasteiger partial charge in [0.05, 0.1) is 6.21 Å². The zero-order valence-electron chi connectivity index (χ0n) is 7.27. The molecule has 0 bridgehead atoms. The van der Waals surface area contributed by atoms with Crippen LogP contribution in [-0.4, -0.2) is 16.4 Å². The number of thiocarbonyl (C=S) groups is 1. The summed E-state index contributed by atoms with van der Waals surface area (Å²) in [5.41, 5.74) is 5.57. The van der Waals surface area contributed by atoms with Crippen LogP contribution in [-0.2, 0) is 0 Å². The fourth-order valence-electron chi connectivity index (χ4n) is 0.758. The Balaban J connectivity index is 2.52. The maximum Gasteiger partial charge on any atom is 0.201 e. The minimum Gasteiger partial charge on any atom is -0.508 e. The summed E-state index contributed by atoms with van der Waals surface area (Å²) in [6, 6.07) is 6.58. The Morgan fingerprint density at radius 2 is 2.07 bits per heavy atom. The number of hydrazone groups is 1. The maximum atomic E-state index is 9.00. The third kappa shape index (κ3) is 3.38. The van der Waals surface area contributed by atoms with Crippen LogP contribution in [0.5, 0.6) is 5.75 Å². The lowest BCUT2D eigenvalue weighted by Gasteiger charge is -1.99. The van der Waals surface area contributed by atoms with Crippen molar-refractivity contribution < 1.29 is 5.11 Å². The molecule has 14 heavy (non-hydrogen) atoms. The second-order valence-corrected chi connectivity index (χ2v) is 2.84. The number of phenolic OH excluding ortho intramolecular Hbond substituents is 1. The van der Waals surface area contributed by atoms with Gasteiger partial charge < -0.3 is 5.11 Å². The number of nitrogens with zero attached hydrogens (tertiary/aromatic N) is 1. The summed E-state index contributed by atoms with van der Waals surface area (Å²) >= 11 is 4.69. The molecule has 0 atom stereocenters. The van der Waals surface area contributed by atoms with Gasteiger partial charge >= 0.3 is 0 Å². The summed E-state index contributed by atoms with van der Waals surface area (Å²) in [5.74, 6) is 5.23. The smallest absolute Gasteiger partial charge is 0.201 e. The number of nitrogens with one attached hydrogen (secondary N) is 2.